The summed E-state index contributed by atoms with van der Waals surface area (Å²) in [6.07, 6.45) is 2.40. The first-order valence-electron chi connectivity index (χ1n) is 6.22. The van der Waals surface area contributed by atoms with Gasteiger partial charge in [0.05, 0.1) is 22.7 Å². The van der Waals surface area contributed by atoms with Crippen molar-refractivity contribution in [1.82, 2.24) is 9.55 Å². The average Bonchev–Trinajstić information content (AvgIpc) is 2.96. The zero-order valence-electron chi connectivity index (χ0n) is 10.3. The van der Waals surface area contributed by atoms with Crippen LogP contribution in [-0.2, 0) is 4.74 Å². The van der Waals surface area contributed by atoms with Gasteiger partial charge in [-0.25, -0.2) is 4.98 Å². The molecule has 2 unspecified atom stereocenters. The maximum atomic E-state index is 6.14. The minimum absolute atomic E-state index is 0.177. The van der Waals surface area contributed by atoms with Gasteiger partial charge in [-0.2, -0.15) is 0 Å². The molecule has 5 heteroatoms. The second-order valence-corrected chi connectivity index (χ2v) is 5.15. The van der Waals surface area contributed by atoms with Crippen molar-refractivity contribution >= 4 is 28.6 Å². The Morgan fingerprint density at radius 3 is 3.11 bits per heavy atom. The summed E-state index contributed by atoms with van der Waals surface area (Å²) in [5.41, 5.74) is 7.77. The summed E-state index contributed by atoms with van der Waals surface area (Å²) in [5.74, 6) is 0.501. The van der Waals surface area contributed by atoms with Crippen molar-refractivity contribution in [2.24, 2.45) is 0 Å². The third kappa shape index (κ3) is 1.76. The first-order valence-corrected chi connectivity index (χ1v) is 6.60. The summed E-state index contributed by atoms with van der Waals surface area (Å²) in [7, 11) is 0. The number of hydrogen-bond donors (Lipinski definition) is 1. The van der Waals surface area contributed by atoms with E-state index in [0.29, 0.717) is 11.0 Å². The van der Waals surface area contributed by atoms with Gasteiger partial charge in [-0.3, -0.25) is 0 Å². The van der Waals surface area contributed by atoms with Gasteiger partial charge in [0.2, 0.25) is 5.95 Å². The predicted molar refractivity (Wildman–Crippen MR) is 72.8 cm³/mol. The molecule has 0 bridgehead atoms. The van der Waals surface area contributed by atoms with Crippen LogP contribution in [-0.4, -0.2) is 22.3 Å². The van der Waals surface area contributed by atoms with E-state index in [1.807, 2.05) is 22.8 Å². The quantitative estimate of drug-likeness (QED) is 0.908. The molecule has 0 aliphatic carbocycles. The van der Waals surface area contributed by atoms with Crippen LogP contribution in [0.3, 0.4) is 0 Å². The molecule has 2 heterocycles. The van der Waals surface area contributed by atoms with Gasteiger partial charge in [-0.15, -0.1) is 0 Å². The number of nitrogens with zero attached hydrogens (tertiary/aromatic N) is 2. The molecule has 1 saturated heterocycles. The van der Waals surface area contributed by atoms with Crippen molar-refractivity contribution in [2.75, 3.05) is 12.3 Å². The van der Waals surface area contributed by atoms with Crippen molar-refractivity contribution in [3.8, 4) is 0 Å². The molecule has 96 valence electrons. The lowest BCUT2D eigenvalue weighted by Gasteiger charge is -2.21. The Labute approximate surface area is 111 Å². The number of ether oxygens (including phenoxy) is 1. The first kappa shape index (κ1) is 11.8. The molecule has 1 aromatic heterocycles. The molecule has 18 heavy (non-hydrogen) atoms. The van der Waals surface area contributed by atoms with Crippen LogP contribution in [0.2, 0.25) is 5.02 Å². The maximum absolute atomic E-state index is 6.14. The molecule has 1 aromatic carbocycles. The SMILES string of the molecule is CC(C1CCCO1)n1c(N)nc2c(Cl)cccc21. The lowest BCUT2D eigenvalue weighted by atomic mass is 10.1. The van der Waals surface area contributed by atoms with Crippen LogP contribution < -0.4 is 5.73 Å². The third-order valence-corrected chi connectivity index (χ3v) is 3.91. The van der Waals surface area contributed by atoms with Crippen molar-refractivity contribution in [3.63, 3.8) is 0 Å². The normalized spacial score (nSPS) is 21.6. The van der Waals surface area contributed by atoms with E-state index in [9.17, 15) is 0 Å². The molecule has 1 fully saturated rings. The van der Waals surface area contributed by atoms with Crippen LogP contribution in [0.25, 0.3) is 11.0 Å². The van der Waals surface area contributed by atoms with E-state index in [4.69, 9.17) is 22.1 Å². The van der Waals surface area contributed by atoms with Crippen LogP contribution in [0.15, 0.2) is 18.2 Å². The Kier molecular flexibility index (Phi) is 2.92. The molecule has 2 aromatic rings. The molecule has 4 nitrogen and oxygen atoms in total. The highest BCUT2D eigenvalue weighted by molar-refractivity contribution is 6.35. The van der Waals surface area contributed by atoms with Gasteiger partial charge in [0.1, 0.15) is 5.52 Å². The first-order chi connectivity index (χ1) is 8.68. The third-order valence-electron chi connectivity index (χ3n) is 3.61. The zero-order chi connectivity index (χ0) is 12.7. The number of hydrogen-bond acceptors (Lipinski definition) is 3. The lowest BCUT2D eigenvalue weighted by Crippen LogP contribution is -2.22. The van der Waals surface area contributed by atoms with Crippen molar-refractivity contribution in [2.45, 2.75) is 31.9 Å². The van der Waals surface area contributed by atoms with E-state index < -0.39 is 0 Å². The topological polar surface area (TPSA) is 53.1 Å². The van der Waals surface area contributed by atoms with E-state index in [1.165, 1.54) is 0 Å². The lowest BCUT2D eigenvalue weighted by molar-refractivity contribution is 0.0751. The number of anilines is 1. The van der Waals surface area contributed by atoms with Gasteiger partial charge in [-0.1, -0.05) is 17.7 Å². The number of nitrogen functional groups attached to an aromatic ring is 1. The number of rotatable bonds is 2. The van der Waals surface area contributed by atoms with Gasteiger partial charge in [0, 0.05) is 6.61 Å². The van der Waals surface area contributed by atoms with Crippen LogP contribution in [0.4, 0.5) is 5.95 Å². The van der Waals surface area contributed by atoms with Gasteiger partial charge in [-0.05, 0) is 31.9 Å². The predicted octanol–water partition coefficient (Wildman–Crippen LogP) is 3.01. The van der Waals surface area contributed by atoms with Crippen molar-refractivity contribution in [3.05, 3.63) is 23.2 Å². The highest BCUT2D eigenvalue weighted by atomic mass is 35.5. The molecule has 0 amide bonds. The molecule has 0 radical (unpaired) electrons. The van der Waals surface area contributed by atoms with E-state index in [0.717, 1.165) is 30.5 Å². The van der Waals surface area contributed by atoms with E-state index in [2.05, 4.69) is 11.9 Å². The molecule has 0 saturated carbocycles. The minimum Gasteiger partial charge on any atom is -0.376 e. The summed E-state index contributed by atoms with van der Waals surface area (Å²) in [6, 6.07) is 5.92. The number of halogens is 1. The minimum atomic E-state index is 0.177. The number of nitrogens with two attached hydrogens (primary N) is 1. The fourth-order valence-corrected chi connectivity index (χ4v) is 2.89. The van der Waals surface area contributed by atoms with Gasteiger partial charge >= 0.3 is 0 Å². The Balaban J connectivity index is 2.10. The Hall–Kier alpha value is -1.26. The van der Waals surface area contributed by atoms with Gasteiger partial charge < -0.3 is 15.0 Å². The molecule has 2 N–H and O–H groups in total. The Morgan fingerprint density at radius 1 is 1.56 bits per heavy atom. The van der Waals surface area contributed by atoms with E-state index in [-0.39, 0.29) is 12.1 Å². The second-order valence-electron chi connectivity index (χ2n) is 4.74. The van der Waals surface area contributed by atoms with Crippen LogP contribution in [0, 0.1) is 0 Å². The highest BCUT2D eigenvalue weighted by Gasteiger charge is 2.26. The molecular weight excluding hydrogens is 250 g/mol. The number of para-hydroxylation sites is 1. The standard InChI is InChI=1S/C13H16ClN3O/c1-8(11-6-3-7-18-11)17-10-5-2-4-9(14)12(10)16-13(17)15/h2,4-5,8,11H,3,6-7H2,1H3,(H2,15,16). The summed E-state index contributed by atoms with van der Waals surface area (Å²) < 4.78 is 7.76. The summed E-state index contributed by atoms with van der Waals surface area (Å²) in [6.45, 7) is 2.96. The number of benzene rings is 1. The van der Waals surface area contributed by atoms with Crippen LogP contribution >= 0.6 is 11.6 Å². The monoisotopic (exact) mass is 265 g/mol. The largest absolute Gasteiger partial charge is 0.376 e. The summed E-state index contributed by atoms with van der Waals surface area (Å²) in [4.78, 5) is 4.36. The highest BCUT2D eigenvalue weighted by Crippen LogP contribution is 2.32. The van der Waals surface area contributed by atoms with E-state index >= 15 is 0 Å². The molecule has 0 spiro atoms. The summed E-state index contributed by atoms with van der Waals surface area (Å²) >= 11 is 6.14. The fourth-order valence-electron chi connectivity index (χ4n) is 2.68. The molecular formula is C13H16ClN3O. The average molecular weight is 266 g/mol. The zero-order valence-corrected chi connectivity index (χ0v) is 11.0. The Morgan fingerprint density at radius 2 is 2.39 bits per heavy atom. The summed E-state index contributed by atoms with van der Waals surface area (Å²) in [5, 5.41) is 0.637. The number of aromatic nitrogens is 2. The van der Waals surface area contributed by atoms with Crippen LogP contribution in [0.1, 0.15) is 25.8 Å². The Bertz CT molecular complexity index is 575. The second kappa shape index (κ2) is 4.44. The maximum Gasteiger partial charge on any atom is 0.201 e. The van der Waals surface area contributed by atoms with Crippen molar-refractivity contribution in [1.29, 1.82) is 0 Å². The number of fused-ring (bicyclic) bond motifs is 1. The van der Waals surface area contributed by atoms with Crippen molar-refractivity contribution < 1.29 is 4.74 Å². The molecule has 1 aliphatic rings. The fraction of sp³-hybridized carbons (Fsp3) is 0.462. The van der Waals surface area contributed by atoms with Gasteiger partial charge in [0.25, 0.3) is 0 Å². The molecule has 1 aliphatic heterocycles. The molecule has 2 atom stereocenters. The molecule has 3 rings (SSSR count). The van der Waals surface area contributed by atoms with Gasteiger partial charge in [0.15, 0.2) is 0 Å². The van der Waals surface area contributed by atoms with E-state index in [1.54, 1.807) is 0 Å². The smallest absolute Gasteiger partial charge is 0.201 e. The number of imidazole rings is 1. The van der Waals surface area contributed by atoms with Crippen LogP contribution in [0.5, 0.6) is 0 Å².